The molecule has 18 heavy (non-hydrogen) atoms. The summed E-state index contributed by atoms with van der Waals surface area (Å²) in [5.41, 5.74) is 1.29. The molecule has 1 aromatic rings. The van der Waals surface area contributed by atoms with E-state index in [4.69, 9.17) is 4.74 Å². The fourth-order valence-electron chi connectivity index (χ4n) is 2.39. The van der Waals surface area contributed by atoms with E-state index in [1.807, 2.05) is 0 Å². The third-order valence-corrected chi connectivity index (χ3v) is 3.61. The summed E-state index contributed by atoms with van der Waals surface area (Å²) >= 11 is 0. The number of rotatable bonds is 5. The standard InChI is InChI=1S/C15H21FO2/c1-11-7-8-12(10-14(11)16)15(17)6-2-4-13-5-3-9-18-13/h7-8,10,13,15,17H,2-6,9H2,1H3. The van der Waals surface area contributed by atoms with Crippen LogP contribution in [0.15, 0.2) is 18.2 Å². The quantitative estimate of drug-likeness (QED) is 0.868. The predicted molar refractivity (Wildman–Crippen MR) is 68.9 cm³/mol. The zero-order valence-electron chi connectivity index (χ0n) is 10.9. The SMILES string of the molecule is Cc1ccc(C(O)CCCC2CCCO2)cc1F. The Kier molecular flexibility index (Phi) is 4.72. The zero-order chi connectivity index (χ0) is 13.0. The van der Waals surface area contributed by atoms with Gasteiger partial charge in [0.15, 0.2) is 0 Å². The smallest absolute Gasteiger partial charge is 0.126 e. The Morgan fingerprint density at radius 3 is 3.00 bits per heavy atom. The lowest BCUT2D eigenvalue weighted by molar-refractivity contribution is 0.0944. The van der Waals surface area contributed by atoms with Crippen LogP contribution in [0, 0.1) is 12.7 Å². The van der Waals surface area contributed by atoms with Crippen LogP contribution in [0.3, 0.4) is 0 Å². The van der Waals surface area contributed by atoms with Gasteiger partial charge in [-0.05, 0) is 56.2 Å². The van der Waals surface area contributed by atoms with Crippen molar-refractivity contribution >= 4 is 0 Å². The van der Waals surface area contributed by atoms with Crippen molar-refractivity contribution in [2.75, 3.05) is 6.61 Å². The number of benzene rings is 1. The number of ether oxygens (including phenoxy) is 1. The van der Waals surface area contributed by atoms with Crippen molar-refractivity contribution in [3.05, 3.63) is 35.1 Å². The van der Waals surface area contributed by atoms with Crippen LogP contribution in [0.5, 0.6) is 0 Å². The predicted octanol–water partition coefficient (Wildman–Crippen LogP) is 3.52. The van der Waals surface area contributed by atoms with Gasteiger partial charge in [0.25, 0.3) is 0 Å². The van der Waals surface area contributed by atoms with Gasteiger partial charge in [-0.25, -0.2) is 4.39 Å². The molecule has 2 atom stereocenters. The monoisotopic (exact) mass is 252 g/mol. The van der Waals surface area contributed by atoms with Crippen LogP contribution in [0.25, 0.3) is 0 Å². The molecule has 1 fully saturated rings. The minimum absolute atomic E-state index is 0.245. The highest BCUT2D eigenvalue weighted by Crippen LogP contribution is 2.24. The molecule has 100 valence electrons. The van der Waals surface area contributed by atoms with Crippen molar-refractivity contribution < 1.29 is 14.2 Å². The average Bonchev–Trinajstić information content (AvgIpc) is 2.85. The summed E-state index contributed by atoms with van der Waals surface area (Å²) in [4.78, 5) is 0. The number of hydrogen-bond donors (Lipinski definition) is 1. The zero-order valence-corrected chi connectivity index (χ0v) is 10.9. The van der Waals surface area contributed by atoms with Crippen molar-refractivity contribution in [1.29, 1.82) is 0 Å². The van der Waals surface area contributed by atoms with E-state index in [1.165, 1.54) is 6.07 Å². The van der Waals surface area contributed by atoms with Crippen LogP contribution >= 0.6 is 0 Å². The molecule has 1 aliphatic rings. The van der Waals surface area contributed by atoms with Gasteiger partial charge in [0, 0.05) is 6.61 Å². The molecule has 0 bridgehead atoms. The van der Waals surface area contributed by atoms with E-state index < -0.39 is 6.10 Å². The second-order valence-corrected chi connectivity index (χ2v) is 5.09. The Morgan fingerprint density at radius 1 is 1.50 bits per heavy atom. The highest BCUT2D eigenvalue weighted by molar-refractivity contribution is 5.24. The van der Waals surface area contributed by atoms with Crippen molar-refractivity contribution in [2.45, 2.75) is 51.2 Å². The van der Waals surface area contributed by atoms with E-state index in [9.17, 15) is 9.50 Å². The van der Waals surface area contributed by atoms with Gasteiger partial charge in [-0.3, -0.25) is 0 Å². The Hall–Kier alpha value is -0.930. The first-order valence-electron chi connectivity index (χ1n) is 6.72. The molecule has 0 radical (unpaired) electrons. The lowest BCUT2D eigenvalue weighted by atomic mass is 10.0. The molecule has 0 spiro atoms. The molecule has 0 aromatic heterocycles. The first kappa shape index (κ1) is 13.5. The normalized spacial score (nSPS) is 21.2. The largest absolute Gasteiger partial charge is 0.388 e. The lowest BCUT2D eigenvalue weighted by Gasteiger charge is -2.13. The molecule has 0 saturated carbocycles. The van der Waals surface area contributed by atoms with Crippen LogP contribution in [-0.2, 0) is 4.74 Å². The summed E-state index contributed by atoms with van der Waals surface area (Å²) in [7, 11) is 0. The fraction of sp³-hybridized carbons (Fsp3) is 0.600. The van der Waals surface area contributed by atoms with Crippen LogP contribution in [-0.4, -0.2) is 17.8 Å². The molecule has 1 aliphatic heterocycles. The first-order valence-corrected chi connectivity index (χ1v) is 6.72. The van der Waals surface area contributed by atoms with Gasteiger partial charge in [-0.2, -0.15) is 0 Å². The van der Waals surface area contributed by atoms with Gasteiger partial charge < -0.3 is 9.84 Å². The lowest BCUT2D eigenvalue weighted by Crippen LogP contribution is -2.06. The van der Waals surface area contributed by atoms with E-state index >= 15 is 0 Å². The van der Waals surface area contributed by atoms with Crippen LogP contribution in [0.4, 0.5) is 4.39 Å². The van der Waals surface area contributed by atoms with Crippen LogP contribution in [0.2, 0.25) is 0 Å². The maximum absolute atomic E-state index is 13.4. The molecule has 1 N–H and O–H groups in total. The van der Waals surface area contributed by atoms with Crippen LogP contribution < -0.4 is 0 Å². The van der Waals surface area contributed by atoms with Crippen molar-refractivity contribution in [3.63, 3.8) is 0 Å². The summed E-state index contributed by atoms with van der Waals surface area (Å²) in [6.45, 7) is 2.60. The van der Waals surface area contributed by atoms with Gasteiger partial charge in [-0.15, -0.1) is 0 Å². The van der Waals surface area contributed by atoms with Crippen molar-refractivity contribution in [1.82, 2.24) is 0 Å². The molecule has 0 amide bonds. The first-order chi connectivity index (χ1) is 8.66. The second-order valence-electron chi connectivity index (χ2n) is 5.09. The molecule has 1 aromatic carbocycles. The maximum Gasteiger partial charge on any atom is 0.126 e. The van der Waals surface area contributed by atoms with Gasteiger partial charge >= 0.3 is 0 Å². The minimum atomic E-state index is -0.568. The Labute approximate surface area is 108 Å². The second kappa shape index (κ2) is 6.30. The Balaban J connectivity index is 1.79. The van der Waals surface area contributed by atoms with E-state index in [1.54, 1.807) is 19.1 Å². The number of hydrogen-bond acceptors (Lipinski definition) is 2. The minimum Gasteiger partial charge on any atom is -0.388 e. The Morgan fingerprint density at radius 2 is 2.33 bits per heavy atom. The molecular weight excluding hydrogens is 231 g/mol. The van der Waals surface area contributed by atoms with Gasteiger partial charge in [0.1, 0.15) is 5.82 Å². The van der Waals surface area contributed by atoms with E-state index in [0.717, 1.165) is 32.3 Å². The average molecular weight is 252 g/mol. The molecule has 3 heteroatoms. The third kappa shape index (κ3) is 3.53. The fourth-order valence-corrected chi connectivity index (χ4v) is 2.39. The summed E-state index contributed by atoms with van der Waals surface area (Å²) in [6.07, 6.45) is 4.66. The number of halogens is 1. The molecule has 2 nitrogen and oxygen atoms in total. The van der Waals surface area contributed by atoms with E-state index in [-0.39, 0.29) is 5.82 Å². The molecule has 1 saturated heterocycles. The van der Waals surface area contributed by atoms with Crippen molar-refractivity contribution in [2.24, 2.45) is 0 Å². The highest BCUT2D eigenvalue weighted by atomic mass is 19.1. The van der Waals surface area contributed by atoms with Crippen molar-refractivity contribution in [3.8, 4) is 0 Å². The molecule has 0 aliphatic carbocycles. The molecule has 1 heterocycles. The van der Waals surface area contributed by atoms with E-state index in [2.05, 4.69) is 0 Å². The van der Waals surface area contributed by atoms with E-state index in [0.29, 0.717) is 23.7 Å². The number of aliphatic hydroxyl groups excluding tert-OH is 1. The van der Waals surface area contributed by atoms with Gasteiger partial charge in [-0.1, -0.05) is 12.1 Å². The summed E-state index contributed by atoms with van der Waals surface area (Å²) in [5, 5.41) is 10.0. The third-order valence-electron chi connectivity index (χ3n) is 3.61. The topological polar surface area (TPSA) is 29.5 Å². The highest BCUT2D eigenvalue weighted by Gasteiger charge is 2.16. The summed E-state index contributed by atoms with van der Waals surface area (Å²) in [6, 6.07) is 4.95. The molecule has 2 unspecified atom stereocenters. The van der Waals surface area contributed by atoms with Crippen LogP contribution in [0.1, 0.15) is 49.3 Å². The summed E-state index contributed by atoms with van der Waals surface area (Å²) < 4.78 is 18.9. The van der Waals surface area contributed by atoms with Gasteiger partial charge in [0.05, 0.1) is 12.2 Å². The number of aryl methyl sites for hydroxylation is 1. The molecule has 2 rings (SSSR count). The Bertz CT molecular complexity index is 386. The van der Waals surface area contributed by atoms with Gasteiger partial charge in [0.2, 0.25) is 0 Å². The maximum atomic E-state index is 13.4. The summed E-state index contributed by atoms with van der Waals surface area (Å²) in [5.74, 6) is -0.245. The molecular formula is C15H21FO2. The number of aliphatic hydroxyl groups is 1.